The number of methoxy groups -OCH3 is 1. The second-order valence-corrected chi connectivity index (χ2v) is 5.75. The third-order valence-electron chi connectivity index (χ3n) is 4.34. The predicted octanol–water partition coefficient (Wildman–Crippen LogP) is 3.53. The van der Waals surface area contributed by atoms with Crippen molar-refractivity contribution in [2.24, 2.45) is 5.92 Å². The van der Waals surface area contributed by atoms with Crippen molar-refractivity contribution in [2.75, 3.05) is 13.7 Å². The molecule has 20 heavy (non-hydrogen) atoms. The number of hydrogen-bond donors (Lipinski definition) is 1. The van der Waals surface area contributed by atoms with Gasteiger partial charge in [-0.3, -0.25) is 4.68 Å². The molecule has 114 valence electrons. The zero-order valence-electron chi connectivity index (χ0n) is 13.2. The van der Waals surface area contributed by atoms with Crippen molar-refractivity contribution in [3.63, 3.8) is 0 Å². The van der Waals surface area contributed by atoms with E-state index in [-0.39, 0.29) is 0 Å². The Morgan fingerprint density at radius 2 is 2.10 bits per heavy atom. The summed E-state index contributed by atoms with van der Waals surface area (Å²) in [5.74, 6) is 1.65. The first-order chi connectivity index (χ1) is 9.81. The molecule has 0 aliphatic heterocycles. The number of rotatable bonds is 7. The third kappa shape index (κ3) is 3.35. The van der Waals surface area contributed by atoms with Crippen LogP contribution in [0.1, 0.15) is 64.1 Å². The van der Waals surface area contributed by atoms with Gasteiger partial charge in [-0.2, -0.15) is 5.10 Å². The quantitative estimate of drug-likeness (QED) is 0.830. The van der Waals surface area contributed by atoms with Crippen LogP contribution in [0.2, 0.25) is 0 Å². The van der Waals surface area contributed by atoms with Crippen molar-refractivity contribution in [3.8, 4) is 5.75 Å². The van der Waals surface area contributed by atoms with Crippen molar-refractivity contribution in [3.05, 3.63) is 11.9 Å². The molecule has 1 heterocycles. The number of nitrogens with one attached hydrogen (secondary N) is 1. The van der Waals surface area contributed by atoms with Gasteiger partial charge in [0.2, 0.25) is 0 Å². The van der Waals surface area contributed by atoms with Gasteiger partial charge in [-0.1, -0.05) is 33.1 Å². The molecule has 1 aliphatic carbocycles. The Bertz CT molecular complexity index is 396. The number of ether oxygens (including phenoxy) is 1. The van der Waals surface area contributed by atoms with Gasteiger partial charge < -0.3 is 10.1 Å². The molecule has 0 aromatic carbocycles. The van der Waals surface area contributed by atoms with Crippen molar-refractivity contribution >= 4 is 0 Å². The molecule has 0 amide bonds. The molecule has 4 nitrogen and oxygen atoms in total. The highest BCUT2D eigenvalue weighted by atomic mass is 16.5. The van der Waals surface area contributed by atoms with Crippen LogP contribution >= 0.6 is 0 Å². The fraction of sp³-hybridized carbons (Fsp3) is 0.812. The number of aryl methyl sites for hydroxylation is 1. The molecule has 4 heteroatoms. The number of aromatic nitrogens is 2. The van der Waals surface area contributed by atoms with Crippen LogP contribution in [0.25, 0.3) is 0 Å². The molecular weight excluding hydrogens is 250 g/mol. The molecule has 0 radical (unpaired) electrons. The van der Waals surface area contributed by atoms with E-state index >= 15 is 0 Å². The molecule has 0 saturated heterocycles. The SMILES string of the molecule is CCCn1ncc(OC)c1C(NCC)C1CCCCC1. The van der Waals surface area contributed by atoms with Gasteiger partial charge in [0.05, 0.1) is 25.0 Å². The van der Waals surface area contributed by atoms with Crippen LogP contribution < -0.4 is 10.1 Å². The highest BCUT2D eigenvalue weighted by Gasteiger charge is 2.29. The van der Waals surface area contributed by atoms with Gasteiger partial charge >= 0.3 is 0 Å². The summed E-state index contributed by atoms with van der Waals surface area (Å²) in [5.41, 5.74) is 1.25. The summed E-state index contributed by atoms with van der Waals surface area (Å²) in [4.78, 5) is 0. The lowest BCUT2D eigenvalue weighted by atomic mass is 9.82. The molecule has 0 spiro atoms. The average Bonchev–Trinajstić information content (AvgIpc) is 2.89. The first-order valence-electron chi connectivity index (χ1n) is 8.14. The van der Waals surface area contributed by atoms with Gasteiger partial charge in [0, 0.05) is 6.54 Å². The molecule has 1 unspecified atom stereocenters. The predicted molar refractivity (Wildman–Crippen MR) is 82.1 cm³/mol. The van der Waals surface area contributed by atoms with E-state index in [4.69, 9.17) is 4.74 Å². The minimum absolute atomic E-state index is 0.379. The summed E-state index contributed by atoms with van der Waals surface area (Å²) >= 11 is 0. The molecule has 1 saturated carbocycles. The summed E-state index contributed by atoms with van der Waals surface area (Å²) in [5, 5.41) is 8.21. The minimum Gasteiger partial charge on any atom is -0.493 e. The number of nitrogens with zero attached hydrogens (tertiary/aromatic N) is 2. The summed E-state index contributed by atoms with van der Waals surface area (Å²) in [7, 11) is 1.75. The van der Waals surface area contributed by atoms with Crippen LogP contribution in [0.4, 0.5) is 0 Å². The van der Waals surface area contributed by atoms with E-state index in [1.165, 1.54) is 37.8 Å². The lowest BCUT2D eigenvalue weighted by molar-refractivity contribution is 0.257. The minimum atomic E-state index is 0.379. The summed E-state index contributed by atoms with van der Waals surface area (Å²) < 4.78 is 7.71. The largest absolute Gasteiger partial charge is 0.493 e. The maximum Gasteiger partial charge on any atom is 0.161 e. The third-order valence-corrected chi connectivity index (χ3v) is 4.34. The van der Waals surface area contributed by atoms with E-state index in [1.807, 2.05) is 6.20 Å². The van der Waals surface area contributed by atoms with E-state index in [0.717, 1.165) is 25.3 Å². The maximum atomic E-state index is 5.57. The molecule has 1 aromatic heterocycles. The molecule has 1 aliphatic rings. The van der Waals surface area contributed by atoms with Gasteiger partial charge in [0.1, 0.15) is 0 Å². The Morgan fingerprint density at radius 1 is 1.35 bits per heavy atom. The van der Waals surface area contributed by atoms with Gasteiger partial charge in [-0.15, -0.1) is 0 Å². The average molecular weight is 279 g/mol. The fourth-order valence-corrected chi connectivity index (χ4v) is 3.41. The van der Waals surface area contributed by atoms with Crippen LogP contribution in [-0.2, 0) is 6.54 Å². The zero-order chi connectivity index (χ0) is 14.4. The summed E-state index contributed by atoms with van der Waals surface area (Å²) in [6.45, 7) is 6.33. The second kappa shape index (κ2) is 7.67. The van der Waals surface area contributed by atoms with Crippen LogP contribution in [-0.4, -0.2) is 23.4 Å². The standard InChI is InChI=1S/C16H29N3O/c1-4-11-19-16(14(20-3)12-18-19)15(17-5-2)13-9-7-6-8-10-13/h12-13,15,17H,4-11H2,1-3H3. The topological polar surface area (TPSA) is 39.1 Å². The van der Waals surface area contributed by atoms with Crippen molar-refractivity contribution in [2.45, 2.75) is 65.0 Å². The van der Waals surface area contributed by atoms with Crippen LogP contribution in [0.5, 0.6) is 5.75 Å². The Balaban J connectivity index is 2.28. The van der Waals surface area contributed by atoms with Crippen molar-refractivity contribution in [1.82, 2.24) is 15.1 Å². The van der Waals surface area contributed by atoms with E-state index in [1.54, 1.807) is 7.11 Å². The van der Waals surface area contributed by atoms with E-state index < -0.39 is 0 Å². The molecule has 1 atom stereocenters. The summed E-state index contributed by atoms with van der Waals surface area (Å²) in [6.07, 6.45) is 9.71. The highest BCUT2D eigenvalue weighted by molar-refractivity contribution is 5.29. The zero-order valence-corrected chi connectivity index (χ0v) is 13.2. The Kier molecular flexibility index (Phi) is 5.89. The van der Waals surface area contributed by atoms with Crippen molar-refractivity contribution in [1.29, 1.82) is 0 Å². The fourth-order valence-electron chi connectivity index (χ4n) is 3.41. The second-order valence-electron chi connectivity index (χ2n) is 5.75. The Hall–Kier alpha value is -1.03. The van der Waals surface area contributed by atoms with Crippen LogP contribution in [0.3, 0.4) is 0 Å². The molecular formula is C16H29N3O. The molecule has 1 N–H and O–H groups in total. The van der Waals surface area contributed by atoms with Gasteiger partial charge in [-0.05, 0) is 31.7 Å². The summed E-state index contributed by atoms with van der Waals surface area (Å²) in [6, 6.07) is 0.379. The van der Waals surface area contributed by atoms with E-state index in [9.17, 15) is 0 Å². The smallest absolute Gasteiger partial charge is 0.161 e. The molecule has 1 aromatic rings. The van der Waals surface area contributed by atoms with Crippen molar-refractivity contribution < 1.29 is 4.74 Å². The van der Waals surface area contributed by atoms with Gasteiger partial charge in [0.15, 0.2) is 5.75 Å². The van der Waals surface area contributed by atoms with Gasteiger partial charge in [-0.25, -0.2) is 0 Å². The Morgan fingerprint density at radius 3 is 2.70 bits per heavy atom. The molecule has 1 fully saturated rings. The lowest BCUT2D eigenvalue weighted by Gasteiger charge is -2.31. The van der Waals surface area contributed by atoms with E-state index in [0.29, 0.717) is 12.0 Å². The first kappa shape index (κ1) is 15.4. The monoisotopic (exact) mass is 279 g/mol. The first-order valence-corrected chi connectivity index (χ1v) is 8.14. The molecule has 0 bridgehead atoms. The number of hydrogen-bond acceptors (Lipinski definition) is 3. The molecule has 2 rings (SSSR count). The van der Waals surface area contributed by atoms with Crippen LogP contribution in [0, 0.1) is 5.92 Å². The Labute approximate surface area is 122 Å². The highest BCUT2D eigenvalue weighted by Crippen LogP contribution is 2.37. The maximum absolute atomic E-state index is 5.57. The normalized spacial score (nSPS) is 18.1. The van der Waals surface area contributed by atoms with Crippen LogP contribution in [0.15, 0.2) is 6.20 Å². The van der Waals surface area contributed by atoms with Gasteiger partial charge in [0.25, 0.3) is 0 Å². The lowest BCUT2D eigenvalue weighted by Crippen LogP contribution is -2.32. The van der Waals surface area contributed by atoms with E-state index in [2.05, 4.69) is 28.9 Å².